The lowest BCUT2D eigenvalue weighted by Gasteiger charge is -2.62. The Morgan fingerprint density at radius 2 is 1.76 bits per heavy atom. The number of Topliss-reactive ketones (excluding diaryl/α,β-unsaturated/α-hetero) is 1. The summed E-state index contributed by atoms with van der Waals surface area (Å²) >= 11 is 0. The number of hydrogen-bond donors (Lipinski definition) is 3. The van der Waals surface area contributed by atoms with Crippen molar-refractivity contribution in [1.82, 2.24) is 0 Å². The molecule has 0 saturated heterocycles. The van der Waals surface area contributed by atoms with E-state index in [4.69, 9.17) is 4.18 Å². The molecule has 9 heteroatoms. The Morgan fingerprint density at radius 1 is 1.16 bits per heavy atom. The zero-order chi connectivity index (χ0) is 28.4. The predicted molar refractivity (Wildman–Crippen MR) is 141 cm³/mol. The van der Waals surface area contributed by atoms with Gasteiger partial charge in [0.25, 0.3) is 10.1 Å². The molecule has 0 heterocycles. The number of aliphatic hydroxyl groups excluding tert-OH is 2. The molecule has 8 nitrogen and oxygen atoms in total. The zero-order valence-electron chi connectivity index (χ0n) is 22.8. The Kier molecular flexibility index (Phi) is 7.26. The minimum Gasteiger partial charge on any atom is -0.479 e. The fourth-order valence-electron chi connectivity index (χ4n) is 8.08. The van der Waals surface area contributed by atoms with Crippen molar-refractivity contribution in [3.8, 4) is 0 Å². The van der Waals surface area contributed by atoms with Gasteiger partial charge in [-0.2, -0.15) is 8.42 Å². The largest absolute Gasteiger partial charge is 0.479 e. The molecule has 38 heavy (non-hydrogen) atoms. The standard InChI is InChI=1S/C29H40O8S/c1-7-27(5)14-20(23(26(33)34)37-38(35,36)19-10-8-16(2)9-11-19)28(6)17(3)12-13-29(18(4)25(27)32)15-21(30)22(31)24(28)29/h7-11,17-18,20-21,23-25,30,32H,1,12-15H2,2-6H3,(H,33,34)/t17-,18+,20+,21?,23?,24+,25+,27-,28-,29+/m1/s1. The molecule has 1 aromatic carbocycles. The van der Waals surface area contributed by atoms with E-state index in [0.717, 1.165) is 5.56 Å². The van der Waals surface area contributed by atoms with Gasteiger partial charge in [0.05, 0.1) is 11.0 Å². The van der Waals surface area contributed by atoms with E-state index in [-0.39, 0.29) is 35.4 Å². The Bertz CT molecular complexity index is 1230. The number of aliphatic carboxylic acids is 1. The molecule has 3 saturated carbocycles. The Hall–Kier alpha value is -2.07. The molecule has 10 atom stereocenters. The van der Waals surface area contributed by atoms with E-state index < -0.39 is 62.5 Å². The van der Waals surface area contributed by atoms with Gasteiger partial charge in [-0.25, -0.2) is 4.79 Å². The van der Waals surface area contributed by atoms with E-state index in [9.17, 15) is 33.3 Å². The van der Waals surface area contributed by atoms with Crippen LogP contribution in [0.3, 0.4) is 0 Å². The van der Waals surface area contributed by atoms with Crippen molar-refractivity contribution in [3.63, 3.8) is 0 Å². The van der Waals surface area contributed by atoms with Crippen LogP contribution in [0.25, 0.3) is 0 Å². The first-order valence-electron chi connectivity index (χ1n) is 13.3. The molecular formula is C29H40O8S. The fourth-order valence-corrected chi connectivity index (χ4v) is 9.15. The minimum atomic E-state index is -4.48. The van der Waals surface area contributed by atoms with Gasteiger partial charge in [-0.05, 0) is 67.4 Å². The molecule has 3 aliphatic rings. The van der Waals surface area contributed by atoms with Gasteiger partial charge in [0.1, 0.15) is 6.10 Å². The van der Waals surface area contributed by atoms with Gasteiger partial charge in [0.2, 0.25) is 0 Å². The highest BCUT2D eigenvalue weighted by Gasteiger charge is 2.70. The molecule has 2 bridgehead atoms. The van der Waals surface area contributed by atoms with Crippen molar-refractivity contribution in [2.75, 3.05) is 0 Å². The number of hydrogen-bond acceptors (Lipinski definition) is 7. The van der Waals surface area contributed by atoms with Gasteiger partial charge < -0.3 is 15.3 Å². The van der Waals surface area contributed by atoms with Crippen molar-refractivity contribution in [1.29, 1.82) is 0 Å². The molecule has 2 unspecified atom stereocenters. The van der Waals surface area contributed by atoms with Crippen molar-refractivity contribution in [2.45, 2.75) is 83.5 Å². The summed E-state index contributed by atoms with van der Waals surface area (Å²) in [5.41, 5.74) is -1.96. The number of aryl methyl sites for hydroxylation is 1. The molecule has 1 aromatic rings. The number of ketones is 1. The SMILES string of the molecule is C=C[C@]1(C)C[C@@H](C(OS(=O)(=O)c2ccc(C)cc2)C(=O)O)[C@@]2(C)[C@H](C)CC[C@]3(CC(O)C(=O)[C@H]32)[C@@H](C)[C@@H]1O. The van der Waals surface area contributed by atoms with Gasteiger partial charge >= 0.3 is 5.97 Å². The first-order valence-corrected chi connectivity index (χ1v) is 14.7. The maximum atomic E-state index is 13.7. The third kappa shape index (κ3) is 4.17. The summed E-state index contributed by atoms with van der Waals surface area (Å²) in [6.45, 7) is 13.2. The van der Waals surface area contributed by atoms with Gasteiger partial charge in [-0.15, -0.1) is 6.58 Å². The molecule has 3 fully saturated rings. The number of carboxylic acids is 1. The van der Waals surface area contributed by atoms with E-state index in [1.54, 1.807) is 32.1 Å². The molecule has 0 aliphatic heterocycles. The second-order valence-corrected chi connectivity index (χ2v) is 14.0. The lowest BCUT2D eigenvalue weighted by molar-refractivity contribution is -0.193. The average molecular weight is 549 g/mol. The van der Waals surface area contributed by atoms with Crippen molar-refractivity contribution < 1.29 is 37.5 Å². The smallest absolute Gasteiger partial charge is 0.334 e. The third-order valence-electron chi connectivity index (χ3n) is 10.6. The number of carboxylic acid groups (broad SMARTS) is 1. The number of carbonyl (C=O) groups excluding carboxylic acids is 1. The second kappa shape index (κ2) is 9.54. The molecule has 0 radical (unpaired) electrons. The van der Waals surface area contributed by atoms with E-state index >= 15 is 0 Å². The first-order chi connectivity index (χ1) is 17.5. The summed E-state index contributed by atoms with van der Waals surface area (Å²) < 4.78 is 32.2. The molecule has 3 aliphatic carbocycles. The fraction of sp³-hybridized carbons (Fsp3) is 0.655. The third-order valence-corrected chi connectivity index (χ3v) is 11.9. The van der Waals surface area contributed by atoms with E-state index in [1.807, 2.05) is 20.8 Å². The summed E-state index contributed by atoms with van der Waals surface area (Å²) in [6, 6.07) is 5.94. The van der Waals surface area contributed by atoms with Crippen molar-refractivity contribution >= 4 is 21.9 Å². The lowest BCUT2D eigenvalue weighted by atomic mass is 9.41. The van der Waals surface area contributed by atoms with Gasteiger partial charge in [0.15, 0.2) is 11.9 Å². The lowest BCUT2D eigenvalue weighted by Crippen LogP contribution is -2.63. The van der Waals surface area contributed by atoms with E-state index in [2.05, 4.69) is 6.58 Å². The van der Waals surface area contributed by atoms with E-state index in [0.29, 0.717) is 12.8 Å². The average Bonchev–Trinajstić information content (AvgIpc) is 3.13. The van der Waals surface area contributed by atoms with Gasteiger partial charge in [-0.1, -0.05) is 51.5 Å². The molecule has 210 valence electrons. The van der Waals surface area contributed by atoms with Gasteiger partial charge in [0, 0.05) is 17.3 Å². The van der Waals surface area contributed by atoms with Crippen LogP contribution in [0.1, 0.15) is 58.9 Å². The Morgan fingerprint density at radius 3 is 2.32 bits per heavy atom. The van der Waals surface area contributed by atoms with Crippen molar-refractivity contribution in [2.24, 2.45) is 39.9 Å². The first kappa shape index (κ1) is 28.9. The van der Waals surface area contributed by atoms with Crippen LogP contribution in [-0.2, 0) is 23.9 Å². The summed E-state index contributed by atoms with van der Waals surface area (Å²) in [6.07, 6.45) is -0.996. The molecule has 0 amide bonds. The summed E-state index contributed by atoms with van der Waals surface area (Å²) in [4.78, 5) is 26.3. The molecular weight excluding hydrogens is 508 g/mol. The number of benzene rings is 1. The van der Waals surface area contributed by atoms with E-state index in [1.165, 1.54) is 12.1 Å². The van der Waals surface area contributed by atoms with Crippen LogP contribution in [0.5, 0.6) is 0 Å². The number of aliphatic hydroxyl groups is 2. The predicted octanol–water partition coefficient (Wildman–Crippen LogP) is 3.74. The number of rotatable bonds is 6. The zero-order valence-corrected chi connectivity index (χ0v) is 23.6. The van der Waals surface area contributed by atoms with Crippen LogP contribution in [-0.4, -0.2) is 53.8 Å². The molecule has 0 aromatic heterocycles. The normalized spacial score (nSPS) is 42.0. The van der Waals surface area contributed by atoms with Crippen LogP contribution in [0, 0.1) is 46.8 Å². The van der Waals surface area contributed by atoms with Crippen LogP contribution in [0.15, 0.2) is 41.8 Å². The maximum absolute atomic E-state index is 13.7. The van der Waals surface area contributed by atoms with Crippen LogP contribution >= 0.6 is 0 Å². The Labute approximate surface area is 225 Å². The Balaban J connectivity index is 1.93. The quantitative estimate of drug-likeness (QED) is 0.361. The molecule has 3 N–H and O–H groups in total. The van der Waals surface area contributed by atoms with Crippen molar-refractivity contribution in [3.05, 3.63) is 42.5 Å². The van der Waals surface area contributed by atoms with Crippen LogP contribution in [0.4, 0.5) is 0 Å². The second-order valence-electron chi connectivity index (χ2n) is 12.5. The monoisotopic (exact) mass is 548 g/mol. The molecule has 4 rings (SSSR count). The summed E-state index contributed by atoms with van der Waals surface area (Å²) in [5.74, 6) is -4.13. The highest BCUT2D eigenvalue weighted by atomic mass is 32.2. The summed E-state index contributed by atoms with van der Waals surface area (Å²) in [7, 11) is -4.48. The minimum absolute atomic E-state index is 0.0409. The maximum Gasteiger partial charge on any atom is 0.334 e. The van der Waals surface area contributed by atoms with Crippen LogP contribution < -0.4 is 0 Å². The highest BCUT2D eigenvalue weighted by Crippen LogP contribution is 2.69. The topological polar surface area (TPSA) is 138 Å². The summed E-state index contributed by atoms with van der Waals surface area (Å²) in [5, 5.41) is 33.0. The van der Waals surface area contributed by atoms with Crippen LogP contribution in [0.2, 0.25) is 0 Å². The number of carbonyl (C=O) groups is 2. The highest BCUT2D eigenvalue weighted by molar-refractivity contribution is 7.86. The molecule has 0 spiro atoms. The van der Waals surface area contributed by atoms with Gasteiger partial charge in [-0.3, -0.25) is 8.98 Å².